The molecule has 0 bridgehead atoms. The van der Waals surface area contributed by atoms with Crippen molar-refractivity contribution in [1.29, 1.82) is 5.41 Å². The molecule has 0 spiro atoms. The highest BCUT2D eigenvalue weighted by Crippen LogP contribution is 2.07. The second-order valence-electron chi connectivity index (χ2n) is 2.18. The maximum atomic E-state index is 10.4. The molecule has 0 heterocycles. The fraction of sp³-hybridized carbons (Fsp3) is 0.667. The molecule has 0 aromatic rings. The lowest BCUT2D eigenvalue weighted by Crippen LogP contribution is -2.25. The summed E-state index contributed by atoms with van der Waals surface area (Å²) in [6.07, 6.45) is 0. The van der Waals surface area contributed by atoms with E-state index >= 15 is 0 Å². The fourth-order valence-electron chi connectivity index (χ4n) is 0.425. The van der Waals surface area contributed by atoms with E-state index in [1.54, 1.807) is 0 Å². The van der Waals surface area contributed by atoms with Crippen LogP contribution in [0.1, 0.15) is 20.8 Å². The molecule has 0 fully saturated rings. The second kappa shape index (κ2) is 6.67. The minimum absolute atomic E-state index is 0. The van der Waals surface area contributed by atoms with Crippen molar-refractivity contribution in [2.75, 3.05) is 0 Å². The SMILES string of the molecule is Br.CC(=O)NC(=N)SC(C)C. The van der Waals surface area contributed by atoms with Gasteiger partial charge in [0.05, 0.1) is 0 Å². The van der Waals surface area contributed by atoms with Crippen LogP contribution >= 0.6 is 28.7 Å². The Hall–Kier alpha value is -0.0300. The number of rotatable bonds is 1. The van der Waals surface area contributed by atoms with Gasteiger partial charge in [0.25, 0.3) is 0 Å². The van der Waals surface area contributed by atoms with Crippen LogP contribution in [0.25, 0.3) is 0 Å². The molecule has 3 nitrogen and oxygen atoms in total. The molecule has 0 aliphatic carbocycles. The summed E-state index contributed by atoms with van der Waals surface area (Å²) in [5.74, 6) is -0.182. The highest BCUT2D eigenvalue weighted by molar-refractivity contribution is 8.93. The van der Waals surface area contributed by atoms with Crippen LogP contribution in [0.4, 0.5) is 0 Å². The molecule has 0 rings (SSSR count). The Morgan fingerprint density at radius 3 is 2.27 bits per heavy atom. The number of nitrogens with one attached hydrogen (secondary N) is 2. The zero-order valence-corrected chi connectivity index (χ0v) is 9.33. The monoisotopic (exact) mass is 240 g/mol. The lowest BCUT2D eigenvalue weighted by molar-refractivity contribution is -0.117. The van der Waals surface area contributed by atoms with Crippen molar-refractivity contribution in [3.8, 4) is 0 Å². The van der Waals surface area contributed by atoms with Crippen molar-refractivity contribution >= 4 is 39.8 Å². The largest absolute Gasteiger partial charge is 0.306 e. The Kier molecular flexibility index (Phi) is 8.21. The molecule has 0 aromatic carbocycles. The molecule has 0 radical (unpaired) electrons. The molecule has 2 N–H and O–H groups in total. The average Bonchev–Trinajstić information content (AvgIpc) is 1.58. The van der Waals surface area contributed by atoms with E-state index in [1.165, 1.54) is 18.7 Å². The van der Waals surface area contributed by atoms with E-state index in [-0.39, 0.29) is 28.1 Å². The molecule has 0 unspecified atom stereocenters. The van der Waals surface area contributed by atoms with E-state index in [2.05, 4.69) is 5.32 Å². The smallest absolute Gasteiger partial charge is 0.222 e. The van der Waals surface area contributed by atoms with Crippen molar-refractivity contribution in [2.24, 2.45) is 0 Å². The van der Waals surface area contributed by atoms with Gasteiger partial charge in [-0.2, -0.15) is 0 Å². The van der Waals surface area contributed by atoms with Crippen molar-refractivity contribution < 1.29 is 4.79 Å². The zero-order chi connectivity index (χ0) is 8.15. The fourth-order valence-corrected chi connectivity index (χ4v) is 1.10. The number of amides is 1. The molecule has 5 heteroatoms. The third-order valence-electron chi connectivity index (χ3n) is 0.643. The van der Waals surface area contributed by atoms with Crippen molar-refractivity contribution in [1.82, 2.24) is 5.32 Å². The number of amidine groups is 1. The number of thioether (sulfide) groups is 1. The minimum atomic E-state index is -0.182. The van der Waals surface area contributed by atoms with Gasteiger partial charge in [-0.1, -0.05) is 25.6 Å². The van der Waals surface area contributed by atoms with Crippen molar-refractivity contribution in [2.45, 2.75) is 26.0 Å². The molecule has 0 aromatic heterocycles. The zero-order valence-electron chi connectivity index (χ0n) is 6.80. The molecule has 1 amide bonds. The maximum Gasteiger partial charge on any atom is 0.222 e. The normalized spacial score (nSPS) is 8.73. The van der Waals surface area contributed by atoms with E-state index in [9.17, 15) is 4.79 Å². The Labute approximate surface area is 81.6 Å². The molecular weight excluding hydrogens is 228 g/mol. The Bertz CT molecular complexity index is 150. The van der Waals surface area contributed by atoms with Crippen LogP contribution in [0, 0.1) is 5.41 Å². The molecule has 0 atom stereocenters. The van der Waals surface area contributed by atoms with E-state index < -0.39 is 0 Å². The average molecular weight is 241 g/mol. The van der Waals surface area contributed by atoms with E-state index in [4.69, 9.17) is 5.41 Å². The van der Waals surface area contributed by atoms with E-state index in [1.807, 2.05) is 13.8 Å². The lowest BCUT2D eigenvalue weighted by Gasteiger charge is -2.04. The molecule has 0 aliphatic heterocycles. The van der Waals surface area contributed by atoms with Gasteiger partial charge in [0.2, 0.25) is 5.91 Å². The summed E-state index contributed by atoms with van der Waals surface area (Å²) >= 11 is 1.33. The second-order valence-corrected chi connectivity index (χ2v) is 3.76. The van der Waals surface area contributed by atoms with Gasteiger partial charge in [-0.25, -0.2) is 0 Å². The van der Waals surface area contributed by atoms with Crippen LogP contribution in [0.3, 0.4) is 0 Å². The molecule has 66 valence electrons. The Morgan fingerprint density at radius 2 is 2.00 bits per heavy atom. The van der Waals surface area contributed by atoms with Crippen molar-refractivity contribution in [3.05, 3.63) is 0 Å². The van der Waals surface area contributed by atoms with Gasteiger partial charge in [0, 0.05) is 12.2 Å². The van der Waals surface area contributed by atoms with Gasteiger partial charge in [0.1, 0.15) is 0 Å². The van der Waals surface area contributed by atoms with Gasteiger partial charge in [0.15, 0.2) is 5.17 Å². The van der Waals surface area contributed by atoms with Gasteiger partial charge >= 0.3 is 0 Å². The first-order chi connectivity index (χ1) is 4.52. The summed E-state index contributed by atoms with van der Waals surface area (Å²) in [4.78, 5) is 10.4. The minimum Gasteiger partial charge on any atom is -0.306 e. The maximum absolute atomic E-state index is 10.4. The number of carbonyl (C=O) groups excluding carboxylic acids is 1. The highest BCUT2D eigenvalue weighted by Gasteiger charge is 2.01. The molecular formula is C6H13BrN2OS. The van der Waals surface area contributed by atoms with Crippen molar-refractivity contribution in [3.63, 3.8) is 0 Å². The summed E-state index contributed by atoms with van der Waals surface area (Å²) < 4.78 is 0. The first-order valence-electron chi connectivity index (χ1n) is 3.05. The summed E-state index contributed by atoms with van der Waals surface area (Å²) in [5, 5.41) is 10.1. The third-order valence-corrected chi connectivity index (χ3v) is 1.45. The summed E-state index contributed by atoms with van der Waals surface area (Å²) in [6.45, 7) is 5.34. The predicted molar refractivity (Wildman–Crippen MR) is 54.6 cm³/mol. The Balaban J connectivity index is 0. The van der Waals surface area contributed by atoms with E-state index in [0.29, 0.717) is 5.25 Å². The number of halogens is 1. The standard InChI is InChI=1S/C6H12N2OS.BrH/c1-4(2)10-6(7)8-5(3)9;/h4H,1-3H3,(H2,7,8,9);1H. The predicted octanol–water partition coefficient (Wildman–Crippen LogP) is 1.78. The highest BCUT2D eigenvalue weighted by atomic mass is 79.9. The molecule has 0 aliphatic rings. The van der Waals surface area contributed by atoms with Crippen LogP contribution < -0.4 is 5.32 Å². The summed E-state index contributed by atoms with van der Waals surface area (Å²) in [5.41, 5.74) is 0. The molecule has 0 saturated heterocycles. The van der Waals surface area contributed by atoms with Gasteiger partial charge < -0.3 is 5.32 Å². The van der Waals surface area contributed by atoms with Crippen LogP contribution in [0.5, 0.6) is 0 Å². The van der Waals surface area contributed by atoms with Crippen LogP contribution in [0.15, 0.2) is 0 Å². The number of carbonyl (C=O) groups is 1. The number of hydrogen-bond donors (Lipinski definition) is 2. The van der Waals surface area contributed by atoms with Crippen LogP contribution in [0.2, 0.25) is 0 Å². The van der Waals surface area contributed by atoms with Gasteiger partial charge in [-0.05, 0) is 0 Å². The topological polar surface area (TPSA) is 53.0 Å². The molecule has 0 saturated carbocycles. The molecule has 11 heavy (non-hydrogen) atoms. The quantitative estimate of drug-likeness (QED) is 0.543. The first kappa shape index (κ1) is 13.6. The van der Waals surface area contributed by atoms with E-state index in [0.717, 1.165) is 0 Å². The Morgan fingerprint density at radius 1 is 1.55 bits per heavy atom. The van der Waals surface area contributed by atoms with Crippen LogP contribution in [-0.2, 0) is 4.79 Å². The first-order valence-corrected chi connectivity index (χ1v) is 3.93. The van der Waals surface area contributed by atoms with Crippen LogP contribution in [-0.4, -0.2) is 16.3 Å². The van der Waals surface area contributed by atoms with Gasteiger partial charge in [-0.3, -0.25) is 10.2 Å². The summed E-state index contributed by atoms with van der Waals surface area (Å²) in [6, 6.07) is 0. The third kappa shape index (κ3) is 9.97. The lowest BCUT2D eigenvalue weighted by atomic mass is 10.6. The number of hydrogen-bond acceptors (Lipinski definition) is 3. The van der Waals surface area contributed by atoms with Gasteiger partial charge in [-0.15, -0.1) is 17.0 Å². The summed E-state index contributed by atoms with van der Waals surface area (Å²) in [7, 11) is 0.